The van der Waals surface area contributed by atoms with Crippen LogP contribution < -0.4 is 0 Å². The normalized spacial score (nSPS) is 52.1. The molecule has 0 saturated carbocycles. The zero-order valence-corrected chi connectivity index (χ0v) is 19.5. The molecule has 2 heteroatoms. The van der Waals surface area contributed by atoms with Gasteiger partial charge in [-0.05, 0) is 54.4 Å². The highest BCUT2D eigenvalue weighted by Gasteiger charge is 2.70. The second-order valence-corrected chi connectivity index (χ2v) is 11.1. The van der Waals surface area contributed by atoms with E-state index in [0.29, 0.717) is 0 Å². The minimum absolute atomic E-state index is 0.0626. The highest BCUT2D eigenvalue weighted by atomic mass is 16.3. The molecule has 4 rings (SSSR count). The van der Waals surface area contributed by atoms with Gasteiger partial charge in [-0.2, -0.15) is 0 Å². The van der Waals surface area contributed by atoms with Crippen molar-refractivity contribution in [1.82, 2.24) is 0 Å². The fraction of sp³-hybridized carbons (Fsp3) is 0.692. The van der Waals surface area contributed by atoms with E-state index in [1.54, 1.807) is 0 Å². The average molecular weight is 383 g/mol. The van der Waals surface area contributed by atoms with Crippen molar-refractivity contribution < 1.29 is 10.2 Å². The van der Waals surface area contributed by atoms with Gasteiger partial charge in [0.25, 0.3) is 0 Å². The van der Waals surface area contributed by atoms with Crippen molar-refractivity contribution in [2.24, 2.45) is 21.7 Å². The molecule has 0 bridgehead atoms. The van der Waals surface area contributed by atoms with Crippen LogP contribution >= 0.6 is 0 Å². The lowest BCUT2D eigenvalue weighted by Gasteiger charge is -2.60. The van der Waals surface area contributed by atoms with Crippen LogP contribution in [0.1, 0.15) is 82.1 Å². The molecule has 0 aliphatic heterocycles. The average Bonchev–Trinajstić information content (AvgIpc) is 2.86. The first-order chi connectivity index (χ1) is 12.5. The Morgan fingerprint density at radius 3 is 1.14 bits per heavy atom. The van der Waals surface area contributed by atoms with Gasteiger partial charge in [0.1, 0.15) is 0 Å². The number of rotatable bonds is 3. The van der Waals surface area contributed by atoms with Crippen molar-refractivity contribution in [3.8, 4) is 0 Å². The quantitative estimate of drug-likeness (QED) is 0.599. The van der Waals surface area contributed by atoms with Gasteiger partial charge in [-0.3, -0.25) is 0 Å². The first kappa shape index (κ1) is 20.2. The number of aliphatic hydroxyl groups is 2. The maximum Gasteiger partial charge on any atom is 0.0904 e. The van der Waals surface area contributed by atoms with Gasteiger partial charge in [0.15, 0.2) is 0 Å². The Hall–Kier alpha value is -1.12. The maximum atomic E-state index is 11.2. The van der Waals surface area contributed by atoms with E-state index >= 15 is 0 Å². The fourth-order valence-corrected chi connectivity index (χ4v) is 7.94. The predicted molar refractivity (Wildman–Crippen MR) is 116 cm³/mol. The van der Waals surface area contributed by atoms with E-state index in [1.165, 1.54) is 33.4 Å². The Labute approximate surface area is 171 Å². The monoisotopic (exact) mass is 382 g/mol. The zero-order valence-electron chi connectivity index (χ0n) is 19.5. The van der Waals surface area contributed by atoms with E-state index in [-0.39, 0.29) is 21.7 Å². The summed E-state index contributed by atoms with van der Waals surface area (Å²) in [7, 11) is 0. The predicted octanol–water partition coefficient (Wildman–Crippen LogP) is 5.87. The molecule has 2 nitrogen and oxygen atoms in total. The third kappa shape index (κ3) is 1.61. The van der Waals surface area contributed by atoms with Gasteiger partial charge in [0, 0.05) is 21.7 Å². The first-order valence-electron chi connectivity index (χ1n) is 10.8. The van der Waals surface area contributed by atoms with E-state index < -0.39 is 11.2 Å². The third-order valence-corrected chi connectivity index (χ3v) is 11.0. The molecule has 0 aromatic rings. The van der Waals surface area contributed by atoms with Crippen LogP contribution in [0.2, 0.25) is 0 Å². The maximum absolute atomic E-state index is 11.2. The van der Waals surface area contributed by atoms with E-state index in [0.717, 1.165) is 12.8 Å². The topological polar surface area (TPSA) is 40.5 Å². The molecule has 28 heavy (non-hydrogen) atoms. The van der Waals surface area contributed by atoms with Crippen molar-refractivity contribution >= 4 is 0 Å². The van der Waals surface area contributed by atoms with Gasteiger partial charge in [-0.25, -0.2) is 0 Å². The van der Waals surface area contributed by atoms with Crippen molar-refractivity contribution in [3.63, 3.8) is 0 Å². The summed E-state index contributed by atoms with van der Waals surface area (Å²) in [4.78, 5) is 0. The Morgan fingerprint density at radius 2 is 0.857 bits per heavy atom. The molecule has 4 aliphatic carbocycles. The molecule has 0 unspecified atom stereocenters. The molecule has 6 atom stereocenters. The van der Waals surface area contributed by atoms with Crippen LogP contribution in [-0.2, 0) is 0 Å². The van der Waals surface area contributed by atoms with Crippen molar-refractivity contribution in [2.75, 3.05) is 0 Å². The van der Waals surface area contributed by atoms with Crippen LogP contribution in [0.15, 0.2) is 45.6 Å². The molecule has 0 aromatic carbocycles. The Balaban J connectivity index is 1.67. The number of fused-ring (bicyclic) bond motifs is 2. The molecule has 4 aliphatic rings. The van der Waals surface area contributed by atoms with E-state index in [4.69, 9.17) is 0 Å². The third-order valence-electron chi connectivity index (χ3n) is 11.0. The van der Waals surface area contributed by atoms with Crippen LogP contribution in [0.25, 0.3) is 0 Å². The lowest BCUT2D eigenvalue weighted by molar-refractivity contribution is -0.0507. The largest absolute Gasteiger partial charge is 0.385 e. The summed E-state index contributed by atoms with van der Waals surface area (Å²) in [5.41, 5.74) is 6.05. The van der Waals surface area contributed by atoms with Crippen LogP contribution in [0.5, 0.6) is 0 Å². The lowest BCUT2D eigenvalue weighted by Crippen LogP contribution is -2.57. The smallest absolute Gasteiger partial charge is 0.0904 e. The SMILES string of the molecule is CC1=C(C)[C@]2(C)[C@@]1(C)C(CCC1=C[C@](C)(O)[C@]3(C)C(C)=C(C)[C@]13C)=C[C@]2(C)O. The Bertz CT molecular complexity index is 848. The number of hydrogen-bond acceptors (Lipinski definition) is 2. The zero-order chi connectivity index (χ0) is 21.3. The van der Waals surface area contributed by atoms with Gasteiger partial charge in [0.05, 0.1) is 11.2 Å². The van der Waals surface area contributed by atoms with Crippen LogP contribution in [0.3, 0.4) is 0 Å². The minimum Gasteiger partial charge on any atom is -0.385 e. The Morgan fingerprint density at radius 1 is 0.571 bits per heavy atom. The summed E-state index contributed by atoms with van der Waals surface area (Å²) in [6, 6.07) is 0. The summed E-state index contributed by atoms with van der Waals surface area (Å²) in [5, 5.41) is 22.5. The standard InChI is InChI=1S/C26H38O2/c1-15-17(3)25(9)21(5,27)13-19(23(15,25)7)11-12-20-14-22(6,28)26(10)18(4)16(2)24(20,26)8/h13-14,27-28H,11-12H2,1-10H3/t21-,22-,23+,24+,25-,26-/m0/s1. The fourth-order valence-electron chi connectivity index (χ4n) is 7.94. The van der Waals surface area contributed by atoms with Gasteiger partial charge < -0.3 is 10.2 Å². The second-order valence-electron chi connectivity index (χ2n) is 11.1. The molecule has 0 spiro atoms. The highest BCUT2D eigenvalue weighted by molar-refractivity contribution is 5.59. The van der Waals surface area contributed by atoms with E-state index in [9.17, 15) is 10.2 Å². The molecular formula is C26H38O2. The molecule has 0 fully saturated rings. The first-order valence-corrected chi connectivity index (χ1v) is 10.8. The molecular weight excluding hydrogens is 344 g/mol. The second kappa shape index (κ2) is 4.95. The highest BCUT2D eigenvalue weighted by Crippen LogP contribution is 2.75. The summed E-state index contributed by atoms with van der Waals surface area (Å²) in [5.74, 6) is 0. The van der Waals surface area contributed by atoms with E-state index in [1.807, 2.05) is 13.8 Å². The molecule has 2 N–H and O–H groups in total. The molecule has 0 amide bonds. The molecule has 0 aromatic heterocycles. The van der Waals surface area contributed by atoms with Crippen LogP contribution in [-0.4, -0.2) is 21.4 Å². The van der Waals surface area contributed by atoms with Gasteiger partial charge in [0.2, 0.25) is 0 Å². The molecule has 154 valence electrons. The summed E-state index contributed by atoms with van der Waals surface area (Å²) in [6.45, 7) is 21.8. The van der Waals surface area contributed by atoms with Crippen molar-refractivity contribution in [3.05, 3.63) is 45.6 Å². The summed E-state index contributed by atoms with van der Waals surface area (Å²) < 4.78 is 0. The Kier molecular flexibility index (Phi) is 3.57. The number of hydrogen-bond donors (Lipinski definition) is 2. The summed E-state index contributed by atoms with van der Waals surface area (Å²) >= 11 is 0. The van der Waals surface area contributed by atoms with Gasteiger partial charge >= 0.3 is 0 Å². The minimum atomic E-state index is -0.808. The van der Waals surface area contributed by atoms with Crippen LogP contribution in [0, 0.1) is 21.7 Å². The van der Waals surface area contributed by atoms with Crippen molar-refractivity contribution in [2.45, 2.75) is 93.3 Å². The van der Waals surface area contributed by atoms with Crippen molar-refractivity contribution in [1.29, 1.82) is 0 Å². The van der Waals surface area contributed by atoms with Gasteiger partial charge in [-0.15, -0.1) is 0 Å². The molecule has 0 radical (unpaired) electrons. The lowest BCUT2D eigenvalue weighted by atomic mass is 9.44. The van der Waals surface area contributed by atoms with Crippen LogP contribution in [0.4, 0.5) is 0 Å². The van der Waals surface area contributed by atoms with Gasteiger partial charge in [-0.1, -0.05) is 73.3 Å². The molecule has 0 heterocycles. The summed E-state index contributed by atoms with van der Waals surface area (Å²) in [6.07, 6.45) is 6.15. The van der Waals surface area contributed by atoms with E-state index in [2.05, 4.69) is 67.5 Å². The number of allylic oxidation sites excluding steroid dienone is 4. The molecule has 0 saturated heterocycles.